The van der Waals surface area contributed by atoms with E-state index in [1.54, 1.807) is 64.0 Å². The van der Waals surface area contributed by atoms with E-state index in [1.807, 2.05) is 0 Å². The van der Waals surface area contributed by atoms with Gasteiger partial charge in [0.15, 0.2) is 42.6 Å². The Hall–Kier alpha value is -4.44. The summed E-state index contributed by atoms with van der Waals surface area (Å²) in [5, 5.41) is 3.36. The van der Waals surface area contributed by atoms with E-state index in [0.29, 0.717) is 51.7 Å². The summed E-state index contributed by atoms with van der Waals surface area (Å²) in [7, 11) is 11.4. The van der Waals surface area contributed by atoms with Crippen LogP contribution in [0, 0.1) is 41.5 Å². The molecule has 9 nitrogen and oxygen atoms in total. The third-order valence-electron chi connectivity index (χ3n) is 11.6. The quantitative estimate of drug-likeness (QED) is 0.135. The highest BCUT2D eigenvalue weighted by Gasteiger charge is 2.57. The van der Waals surface area contributed by atoms with E-state index < -0.39 is 8.07 Å². The Morgan fingerprint density at radius 3 is 0.615 bits per heavy atom. The number of benzene rings is 3. The topological polar surface area (TPSA) is 83.1 Å². The molecule has 3 aromatic rings. The van der Waals surface area contributed by atoms with E-state index in [9.17, 15) is 0 Å². The highest BCUT2D eigenvalue weighted by molar-refractivity contribution is 7.14. The van der Waals surface area contributed by atoms with Gasteiger partial charge >= 0.3 is 0 Å². The van der Waals surface area contributed by atoms with Gasteiger partial charge in [-0.3, -0.25) is 0 Å². The molecule has 0 amide bonds. The van der Waals surface area contributed by atoms with Gasteiger partial charge < -0.3 is 42.6 Å². The zero-order valence-corrected chi connectivity index (χ0v) is 35.8. The predicted molar refractivity (Wildman–Crippen MR) is 212 cm³/mol. The first-order valence-corrected chi connectivity index (χ1v) is 19.5. The molecule has 0 atom stereocenters. The Kier molecular flexibility index (Phi) is 11.8. The van der Waals surface area contributed by atoms with Crippen molar-refractivity contribution >= 4 is 23.6 Å². The van der Waals surface area contributed by atoms with Crippen molar-refractivity contribution in [3.05, 3.63) is 55.7 Å². The molecule has 0 saturated heterocycles. The molecule has 0 heterocycles. The maximum atomic E-state index is 6.26. The van der Waals surface area contributed by atoms with E-state index >= 15 is 0 Å². The first-order valence-electron chi connectivity index (χ1n) is 17.4. The molecule has 1 aliphatic carbocycles. The fraction of sp³-hybridized carbons (Fsp3) is 0.476. The number of rotatable bonds is 13. The zero-order chi connectivity index (χ0) is 39.1. The molecule has 0 spiro atoms. The maximum Gasteiger partial charge on any atom is 0.203 e. The van der Waals surface area contributed by atoms with Crippen molar-refractivity contribution in [3.8, 4) is 51.7 Å². The van der Waals surface area contributed by atoms with E-state index in [0.717, 1.165) is 48.9 Å². The minimum atomic E-state index is -3.62. The van der Waals surface area contributed by atoms with Gasteiger partial charge in [0.25, 0.3) is 0 Å². The Morgan fingerprint density at radius 1 is 0.288 bits per heavy atom. The summed E-state index contributed by atoms with van der Waals surface area (Å²) < 4.78 is 55.7. The van der Waals surface area contributed by atoms with Gasteiger partial charge in [-0.25, -0.2) is 0 Å². The predicted octanol–water partition coefficient (Wildman–Crippen LogP) is 7.14. The molecular formula is C42H58O9Si. The van der Waals surface area contributed by atoms with Crippen LogP contribution in [0.15, 0.2) is 22.3 Å². The van der Waals surface area contributed by atoms with Crippen molar-refractivity contribution < 1.29 is 42.6 Å². The molecular weight excluding hydrogens is 677 g/mol. The summed E-state index contributed by atoms with van der Waals surface area (Å²) in [5.74, 6) is 5.28. The first kappa shape index (κ1) is 40.3. The lowest BCUT2D eigenvalue weighted by Gasteiger charge is -2.47. The van der Waals surface area contributed by atoms with Gasteiger partial charge in [-0.15, -0.1) is 0 Å². The second-order valence-electron chi connectivity index (χ2n) is 13.5. The van der Waals surface area contributed by atoms with Crippen LogP contribution < -0.4 is 58.2 Å². The van der Waals surface area contributed by atoms with Crippen molar-refractivity contribution in [2.75, 3.05) is 64.0 Å². The minimum absolute atomic E-state index is 0.0897. The largest absolute Gasteiger partial charge is 0.492 e. The third kappa shape index (κ3) is 5.39. The smallest absolute Gasteiger partial charge is 0.203 e. The molecule has 284 valence electrons. The van der Waals surface area contributed by atoms with Crippen LogP contribution in [0.25, 0.3) is 0 Å². The number of methoxy groups -OCH3 is 9. The molecule has 0 radical (unpaired) electrons. The van der Waals surface area contributed by atoms with E-state index in [1.165, 1.54) is 22.3 Å². The summed E-state index contributed by atoms with van der Waals surface area (Å²) in [4.78, 5) is 0. The molecule has 1 aliphatic rings. The van der Waals surface area contributed by atoms with Crippen LogP contribution in [-0.4, -0.2) is 72.1 Å². The van der Waals surface area contributed by atoms with Gasteiger partial charge in [0.05, 0.1) is 64.0 Å². The number of hydrogen-bond donors (Lipinski definition) is 0. The molecule has 0 fully saturated rings. The van der Waals surface area contributed by atoms with Crippen molar-refractivity contribution in [1.29, 1.82) is 0 Å². The van der Waals surface area contributed by atoms with Crippen LogP contribution in [-0.2, 0) is 0 Å². The van der Waals surface area contributed by atoms with Crippen molar-refractivity contribution in [1.82, 2.24) is 0 Å². The monoisotopic (exact) mass is 734 g/mol. The van der Waals surface area contributed by atoms with E-state index in [2.05, 4.69) is 69.2 Å². The van der Waals surface area contributed by atoms with Crippen molar-refractivity contribution in [2.45, 2.75) is 74.8 Å². The number of ether oxygens (including phenoxy) is 9. The molecule has 0 bridgehead atoms. The third-order valence-corrected chi connectivity index (χ3v) is 17.9. The van der Waals surface area contributed by atoms with E-state index in [-0.39, 0.29) is 5.54 Å². The van der Waals surface area contributed by atoms with Crippen LogP contribution in [0.1, 0.15) is 61.1 Å². The standard InChI is InChI=1S/C42H58O9Si/c1-20-21(2)23(4)39(22(20)3)52(40-24(5)30(43-11)36(49-17)31(44-12)25(40)6,41-26(7)32(45-13)37(50-18)33(46-14)27(41)8)42-28(9)34(47-15)38(51-19)35(48-16)29(42)10/h39H,1-19H3. The van der Waals surface area contributed by atoms with Crippen LogP contribution in [0.3, 0.4) is 0 Å². The van der Waals surface area contributed by atoms with Crippen LogP contribution in [0.5, 0.6) is 51.7 Å². The van der Waals surface area contributed by atoms with Crippen LogP contribution in [0.4, 0.5) is 0 Å². The second-order valence-corrected chi connectivity index (χ2v) is 17.2. The summed E-state index contributed by atoms with van der Waals surface area (Å²) in [6.07, 6.45) is 0. The molecule has 0 N–H and O–H groups in total. The fourth-order valence-electron chi connectivity index (χ4n) is 9.47. The average molecular weight is 735 g/mol. The maximum absolute atomic E-state index is 6.26. The lowest BCUT2D eigenvalue weighted by molar-refractivity contribution is 0.321. The Balaban J connectivity index is 2.69. The average Bonchev–Trinajstić information content (AvgIpc) is 3.31. The molecule has 0 unspecified atom stereocenters. The Morgan fingerprint density at radius 2 is 0.462 bits per heavy atom. The lowest BCUT2D eigenvalue weighted by atomic mass is 10.1. The zero-order valence-electron chi connectivity index (χ0n) is 34.8. The van der Waals surface area contributed by atoms with Gasteiger partial charge in [0, 0.05) is 5.54 Å². The fourth-order valence-corrected chi connectivity index (χ4v) is 17.0. The molecule has 3 aromatic carbocycles. The summed E-state index contributed by atoms with van der Waals surface area (Å²) >= 11 is 0. The van der Waals surface area contributed by atoms with Gasteiger partial charge in [-0.1, -0.05) is 11.1 Å². The number of allylic oxidation sites excluding steroid dienone is 4. The second kappa shape index (κ2) is 15.3. The molecule has 4 rings (SSSR count). The highest BCUT2D eigenvalue weighted by Crippen LogP contribution is 2.54. The normalized spacial score (nSPS) is 13.4. The minimum Gasteiger partial charge on any atom is -0.492 e. The molecule has 0 saturated carbocycles. The molecule has 10 heteroatoms. The molecule has 0 aliphatic heterocycles. The summed E-state index contributed by atoms with van der Waals surface area (Å²) in [6, 6.07) is 0. The summed E-state index contributed by atoms with van der Waals surface area (Å²) in [5.41, 5.74) is 10.7. The summed E-state index contributed by atoms with van der Waals surface area (Å²) in [6.45, 7) is 21.8. The van der Waals surface area contributed by atoms with Gasteiger partial charge in [0.1, 0.15) is 0 Å². The highest BCUT2D eigenvalue weighted by atomic mass is 28.3. The molecule has 52 heavy (non-hydrogen) atoms. The SMILES string of the molecule is COc1c(C)c([Si](c2c(C)c(OC)c(OC)c(OC)c2C)(c2c(C)c(OC)c(OC)c(OC)c2C)C2C(C)=C(C)C(C)=C2C)c(C)c(OC)c1OC. The van der Waals surface area contributed by atoms with Crippen LogP contribution >= 0.6 is 0 Å². The molecule has 0 aromatic heterocycles. The Labute approximate surface area is 311 Å². The van der Waals surface area contributed by atoms with Crippen molar-refractivity contribution in [2.24, 2.45) is 0 Å². The number of hydrogen-bond acceptors (Lipinski definition) is 9. The first-order chi connectivity index (χ1) is 24.6. The van der Waals surface area contributed by atoms with Crippen molar-refractivity contribution in [3.63, 3.8) is 0 Å². The van der Waals surface area contributed by atoms with Crippen LogP contribution in [0.2, 0.25) is 5.54 Å². The van der Waals surface area contributed by atoms with Gasteiger partial charge in [-0.2, -0.15) is 0 Å². The van der Waals surface area contributed by atoms with Gasteiger partial charge in [0.2, 0.25) is 17.2 Å². The lowest BCUT2D eigenvalue weighted by Crippen LogP contribution is -2.73. The van der Waals surface area contributed by atoms with E-state index in [4.69, 9.17) is 42.6 Å². The van der Waals surface area contributed by atoms with Gasteiger partial charge in [-0.05, 0) is 129 Å². The Bertz CT molecular complexity index is 1670.